The summed E-state index contributed by atoms with van der Waals surface area (Å²) in [6.07, 6.45) is 5.60. The van der Waals surface area contributed by atoms with Crippen LogP contribution < -0.4 is 15.0 Å². The minimum absolute atomic E-state index is 0.0292. The number of hydrogen-bond donors (Lipinski definition) is 1. The van der Waals surface area contributed by atoms with Crippen LogP contribution in [0.2, 0.25) is 0 Å². The Morgan fingerprint density at radius 2 is 2.11 bits per heavy atom. The standard InChI is InChI=1S/C23H32N2O3/c1-14-5-8-20-19(11-14)25(22(27)23(3,4)28-20)10-9-21(26)24-15(2)18-13-16-6-7-17(18)12-16/h5,8,11,15-18H,6-7,9-10,12-13H2,1-4H3,(H,24,26). The van der Waals surface area contributed by atoms with E-state index < -0.39 is 5.60 Å². The Balaban J connectivity index is 1.40. The van der Waals surface area contributed by atoms with E-state index in [1.54, 1.807) is 18.7 Å². The zero-order valence-corrected chi connectivity index (χ0v) is 17.5. The summed E-state index contributed by atoms with van der Waals surface area (Å²) in [6.45, 7) is 8.07. The average Bonchev–Trinajstić information content (AvgIpc) is 3.26. The maximum absolute atomic E-state index is 12.9. The van der Waals surface area contributed by atoms with Crippen LogP contribution in [0.5, 0.6) is 5.75 Å². The second-order valence-corrected chi connectivity index (χ2v) is 9.49. The summed E-state index contributed by atoms with van der Waals surface area (Å²) in [4.78, 5) is 27.3. The third-order valence-electron chi connectivity index (χ3n) is 6.92. The monoisotopic (exact) mass is 384 g/mol. The van der Waals surface area contributed by atoms with Gasteiger partial charge in [0.1, 0.15) is 5.75 Å². The van der Waals surface area contributed by atoms with Crippen LogP contribution in [0.3, 0.4) is 0 Å². The first-order chi connectivity index (χ1) is 13.2. The van der Waals surface area contributed by atoms with Crippen molar-refractivity contribution < 1.29 is 14.3 Å². The van der Waals surface area contributed by atoms with Crippen LogP contribution in [0.1, 0.15) is 58.4 Å². The van der Waals surface area contributed by atoms with Crippen molar-refractivity contribution in [2.45, 2.75) is 71.4 Å². The highest BCUT2D eigenvalue weighted by molar-refractivity contribution is 6.02. The Bertz CT molecular complexity index is 788. The average molecular weight is 385 g/mol. The molecule has 152 valence electrons. The van der Waals surface area contributed by atoms with E-state index in [0.29, 0.717) is 24.6 Å². The summed E-state index contributed by atoms with van der Waals surface area (Å²) in [5.41, 5.74) is 0.905. The molecule has 28 heavy (non-hydrogen) atoms. The Morgan fingerprint density at radius 1 is 1.32 bits per heavy atom. The lowest BCUT2D eigenvalue weighted by Crippen LogP contribution is -2.53. The van der Waals surface area contributed by atoms with Gasteiger partial charge in [0.25, 0.3) is 5.91 Å². The molecule has 5 nitrogen and oxygen atoms in total. The minimum atomic E-state index is -0.922. The first-order valence-electron chi connectivity index (χ1n) is 10.7. The third-order valence-corrected chi connectivity index (χ3v) is 6.92. The molecule has 1 aromatic rings. The summed E-state index contributed by atoms with van der Waals surface area (Å²) in [5.74, 6) is 2.92. The van der Waals surface area contributed by atoms with Crippen molar-refractivity contribution >= 4 is 17.5 Å². The molecule has 4 unspecified atom stereocenters. The molecule has 1 N–H and O–H groups in total. The number of rotatable bonds is 5. The lowest BCUT2D eigenvalue weighted by atomic mass is 9.84. The van der Waals surface area contributed by atoms with Crippen molar-refractivity contribution in [3.63, 3.8) is 0 Å². The van der Waals surface area contributed by atoms with Gasteiger partial charge in [0.15, 0.2) is 5.60 Å². The normalized spacial score (nSPS) is 28.6. The SMILES string of the molecule is Cc1ccc2c(c1)N(CCC(=O)NC(C)C1CC3CCC1C3)C(=O)C(C)(C)O2. The largest absolute Gasteiger partial charge is 0.476 e. The molecule has 1 heterocycles. The number of aryl methyl sites for hydroxylation is 1. The fourth-order valence-corrected chi connectivity index (χ4v) is 5.45. The zero-order valence-electron chi connectivity index (χ0n) is 17.5. The molecule has 0 aromatic heterocycles. The van der Waals surface area contributed by atoms with E-state index in [9.17, 15) is 9.59 Å². The number of ether oxygens (including phenoxy) is 1. The topological polar surface area (TPSA) is 58.6 Å². The van der Waals surface area contributed by atoms with Crippen molar-refractivity contribution in [1.29, 1.82) is 0 Å². The highest BCUT2D eigenvalue weighted by Gasteiger charge is 2.43. The van der Waals surface area contributed by atoms with E-state index in [1.807, 2.05) is 25.1 Å². The smallest absolute Gasteiger partial charge is 0.270 e. The maximum Gasteiger partial charge on any atom is 0.270 e. The van der Waals surface area contributed by atoms with E-state index >= 15 is 0 Å². The fourth-order valence-electron chi connectivity index (χ4n) is 5.45. The van der Waals surface area contributed by atoms with Gasteiger partial charge in [0.05, 0.1) is 5.69 Å². The van der Waals surface area contributed by atoms with E-state index in [-0.39, 0.29) is 17.9 Å². The van der Waals surface area contributed by atoms with Crippen LogP contribution in [0, 0.1) is 24.7 Å². The summed E-state index contributed by atoms with van der Waals surface area (Å²) >= 11 is 0. The minimum Gasteiger partial charge on any atom is -0.476 e. The van der Waals surface area contributed by atoms with Gasteiger partial charge in [0, 0.05) is 19.0 Å². The number of anilines is 1. The number of carbonyl (C=O) groups excluding carboxylic acids is 2. The summed E-state index contributed by atoms with van der Waals surface area (Å²) < 4.78 is 5.89. The summed E-state index contributed by atoms with van der Waals surface area (Å²) in [6, 6.07) is 6.06. The van der Waals surface area contributed by atoms with Gasteiger partial charge in [-0.3, -0.25) is 9.59 Å². The molecule has 0 spiro atoms. The second-order valence-electron chi connectivity index (χ2n) is 9.49. The molecule has 4 atom stereocenters. The molecule has 5 heteroatoms. The number of fused-ring (bicyclic) bond motifs is 3. The van der Waals surface area contributed by atoms with Gasteiger partial charge in [-0.2, -0.15) is 0 Å². The molecule has 2 fully saturated rings. The molecule has 2 amide bonds. The molecule has 3 aliphatic rings. The predicted octanol–water partition coefficient (Wildman–Crippen LogP) is 3.83. The Morgan fingerprint density at radius 3 is 2.79 bits per heavy atom. The fraction of sp³-hybridized carbons (Fsp3) is 0.652. The van der Waals surface area contributed by atoms with Gasteiger partial charge in [0.2, 0.25) is 5.91 Å². The lowest BCUT2D eigenvalue weighted by Gasteiger charge is -2.39. The van der Waals surface area contributed by atoms with Gasteiger partial charge >= 0.3 is 0 Å². The van der Waals surface area contributed by atoms with E-state index in [1.165, 1.54) is 25.7 Å². The maximum atomic E-state index is 12.9. The molecule has 2 aliphatic carbocycles. The number of nitrogens with one attached hydrogen (secondary N) is 1. The molecular weight excluding hydrogens is 352 g/mol. The predicted molar refractivity (Wildman–Crippen MR) is 109 cm³/mol. The van der Waals surface area contributed by atoms with Crippen LogP contribution in [0.25, 0.3) is 0 Å². The van der Waals surface area contributed by atoms with Crippen LogP contribution in [-0.2, 0) is 9.59 Å². The molecule has 0 radical (unpaired) electrons. The van der Waals surface area contributed by atoms with Crippen LogP contribution in [-0.4, -0.2) is 30.0 Å². The summed E-state index contributed by atoms with van der Waals surface area (Å²) in [7, 11) is 0. The van der Waals surface area contributed by atoms with Crippen molar-refractivity contribution in [1.82, 2.24) is 5.32 Å². The first kappa shape index (κ1) is 19.3. The Labute approximate surface area is 167 Å². The highest BCUT2D eigenvalue weighted by Crippen LogP contribution is 2.49. The molecular formula is C23H32N2O3. The van der Waals surface area contributed by atoms with Gasteiger partial charge in [-0.25, -0.2) is 0 Å². The van der Waals surface area contributed by atoms with Gasteiger partial charge < -0.3 is 15.0 Å². The number of nitrogens with zero attached hydrogens (tertiary/aromatic N) is 1. The molecule has 1 aromatic carbocycles. The molecule has 1 aliphatic heterocycles. The number of amides is 2. The zero-order chi connectivity index (χ0) is 20.1. The van der Waals surface area contributed by atoms with Gasteiger partial charge in [-0.15, -0.1) is 0 Å². The van der Waals surface area contributed by atoms with Gasteiger partial charge in [-0.05, 0) is 82.4 Å². The van der Waals surface area contributed by atoms with Gasteiger partial charge in [-0.1, -0.05) is 12.5 Å². The third kappa shape index (κ3) is 3.51. The highest BCUT2D eigenvalue weighted by atomic mass is 16.5. The van der Waals surface area contributed by atoms with Crippen molar-refractivity contribution in [2.75, 3.05) is 11.4 Å². The molecule has 2 saturated carbocycles. The summed E-state index contributed by atoms with van der Waals surface area (Å²) in [5, 5.41) is 3.21. The van der Waals surface area contributed by atoms with E-state index in [4.69, 9.17) is 4.74 Å². The van der Waals surface area contributed by atoms with E-state index in [2.05, 4.69) is 12.2 Å². The van der Waals surface area contributed by atoms with Crippen molar-refractivity contribution in [3.05, 3.63) is 23.8 Å². The Hall–Kier alpha value is -2.04. The number of hydrogen-bond acceptors (Lipinski definition) is 3. The molecule has 0 saturated heterocycles. The van der Waals surface area contributed by atoms with E-state index in [0.717, 1.165) is 23.1 Å². The second kappa shape index (κ2) is 7.09. The van der Waals surface area contributed by atoms with Crippen LogP contribution in [0.15, 0.2) is 18.2 Å². The van der Waals surface area contributed by atoms with Crippen LogP contribution >= 0.6 is 0 Å². The van der Waals surface area contributed by atoms with Crippen molar-refractivity contribution in [3.8, 4) is 5.75 Å². The number of benzene rings is 1. The number of carbonyl (C=O) groups is 2. The molecule has 4 rings (SSSR count). The quantitative estimate of drug-likeness (QED) is 0.839. The van der Waals surface area contributed by atoms with Crippen molar-refractivity contribution in [2.24, 2.45) is 17.8 Å². The molecule has 2 bridgehead atoms. The Kier molecular flexibility index (Phi) is 4.88. The van der Waals surface area contributed by atoms with Crippen LogP contribution in [0.4, 0.5) is 5.69 Å². The lowest BCUT2D eigenvalue weighted by molar-refractivity contribution is -0.132. The first-order valence-corrected chi connectivity index (χ1v) is 10.7.